The van der Waals surface area contributed by atoms with E-state index in [2.05, 4.69) is 15.5 Å². The van der Waals surface area contributed by atoms with Gasteiger partial charge in [-0.25, -0.2) is 4.39 Å². The number of nitrogens with zero attached hydrogens (tertiary/aromatic N) is 2. The predicted molar refractivity (Wildman–Crippen MR) is 53.6 cm³/mol. The summed E-state index contributed by atoms with van der Waals surface area (Å²) in [5.41, 5.74) is 2.26. The standard InChI is InChI=1S/C9H8FN3S/c10-8-4-2-1-3-7(8)5-11-9-13-12-6-14-9/h1-4,6H,5H2,(H,11,13). The molecule has 2 rings (SSSR count). The first kappa shape index (κ1) is 9.08. The van der Waals surface area contributed by atoms with Gasteiger partial charge < -0.3 is 5.32 Å². The molecule has 0 atom stereocenters. The lowest BCUT2D eigenvalue weighted by molar-refractivity contribution is 0.613. The molecule has 0 aliphatic heterocycles. The van der Waals surface area contributed by atoms with Gasteiger partial charge in [-0.3, -0.25) is 0 Å². The van der Waals surface area contributed by atoms with E-state index in [1.807, 2.05) is 0 Å². The number of rotatable bonds is 3. The van der Waals surface area contributed by atoms with E-state index in [4.69, 9.17) is 0 Å². The summed E-state index contributed by atoms with van der Waals surface area (Å²) in [4.78, 5) is 0. The second-order valence-corrected chi connectivity index (χ2v) is 3.52. The zero-order chi connectivity index (χ0) is 9.80. The van der Waals surface area contributed by atoms with Crippen molar-refractivity contribution in [2.45, 2.75) is 6.54 Å². The average Bonchev–Trinajstić information content (AvgIpc) is 2.69. The Morgan fingerprint density at radius 3 is 2.93 bits per heavy atom. The molecule has 0 aliphatic carbocycles. The van der Waals surface area contributed by atoms with Gasteiger partial charge in [-0.1, -0.05) is 29.5 Å². The van der Waals surface area contributed by atoms with Gasteiger partial charge in [0.05, 0.1) is 0 Å². The molecular formula is C9H8FN3S. The molecule has 2 aromatic rings. The van der Waals surface area contributed by atoms with E-state index in [9.17, 15) is 4.39 Å². The van der Waals surface area contributed by atoms with E-state index >= 15 is 0 Å². The van der Waals surface area contributed by atoms with Crippen molar-refractivity contribution < 1.29 is 4.39 Å². The van der Waals surface area contributed by atoms with Gasteiger partial charge >= 0.3 is 0 Å². The SMILES string of the molecule is Fc1ccccc1CNc1nncs1. The maximum absolute atomic E-state index is 13.1. The number of aromatic nitrogens is 2. The van der Waals surface area contributed by atoms with Crippen molar-refractivity contribution in [3.63, 3.8) is 0 Å². The summed E-state index contributed by atoms with van der Waals surface area (Å²) in [6.07, 6.45) is 0. The van der Waals surface area contributed by atoms with Crippen molar-refractivity contribution in [3.05, 3.63) is 41.2 Å². The molecule has 5 heteroatoms. The maximum Gasteiger partial charge on any atom is 0.205 e. The Bertz CT molecular complexity index is 402. The van der Waals surface area contributed by atoms with Crippen LogP contribution in [0.1, 0.15) is 5.56 Å². The lowest BCUT2D eigenvalue weighted by atomic mass is 10.2. The van der Waals surface area contributed by atoms with Gasteiger partial charge in [-0.2, -0.15) is 0 Å². The van der Waals surface area contributed by atoms with E-state index < -0.39 is 0 Å². The Morgan fingerprint density at radius 1 is 1.36 bits per heavy atom. The van der Waals surface area contributed by atoms with Gasteiger partial charge in [0.2, 0.25) is 5.13 Å². The van der Waals surface area contributed by atoms with Crippen LogP contribution < -0.4 is 5.32 Å². The van der Waals surface area contributed by atoms with Crippen LogP contribution in [0.3, 0.4) is 0 Å². The molecule has 1 heterocycles. The number of halogens is 1. The fraction of sp³-hybridized carbons (Fsp3) is 0.111. The first-order chi connectivity index (χ1) is 6.86. The minimum atomic E-state index is -0.204. The highest BCUT2D eigenvalue weighted by atomic mass is 32.1. The molecule has 72 valence electrons. The molecule has 0 spiro atoms. The van der Waals surface area contributed by atoms with Crippen LogP contribution in [0.5, 0.6) is 0 Å². The van der Waals surface area contributed by atoms with Crippen LogP contribution in [0, 0.1) is 5.82 Å². The van der Waals surface area contributed by atoms with Gasteiger partial charge in [0.1, 0.15) is 11.3 Å². The largest absolute Gasteiger partial charge is 0.356 e. The Morgan fingerprint density at radius 2 is 2.21 bits per heavy atom. The Hall–Kier alpha value is -1.49. The minimum absolute atomic E-state index is 0.204. The zero-order valence-electron chi connectivity index (χ0n) is 7.27. The summed E-state index contributed by atoms with van der Waals surface area (Å²) in [6, 6.07) is 6.66. The van der Waals surface area contributed by atoms with Gasteiger partial charge in [-0.05, 0) is 6.07 Å². The smallest absolute Gasteiger partial charge is 0.205 e. The fourth-order valence-corrected chi connectivity index (χ4v) is 1.51. The summed E-state index contributed by atoms with van der Waals surface area (Å²) in [5.74, 6) is -0.204. The van der Waals surface area contributed by atoms with Gasteiger partial charge in [0, 0.05) is 12.1 Å². The van der Waals surface area contributed by atoms with Crippen molar-refractivity contribution in [1.82, 2.24) is 10.2 Å². The summed E-state index contributed by atoms with van der Waals surface area (Å²) < 4.78 is 13.1. The lowest BCUT2D eigenvalue weighted by Crippen LogP contribution is -2.01. The monoisotopic (exact) mass is 209 g/mol. The fourth-order valence-electron chi connectivity index (χ4n) is 1.06. The minimum Gasteiger partial charge on any atom is -0.356 e. The van der Waals surface area contributed by atoms with Gasteiger partial charge in [-0.15, -0.1) is 10.2 Å². The van der Waals surface area contributed by atoms with E-state index in [1.54, 1.807) is 23.7 Å². The van der Waals surface area contributed by atoms with E-state index in [1.165, 1.54) is 17.4 Å². The van der Waals surface area contributed by atoms with Crippen LogP contribution in [0.2, 0.25) is 0 Å². The molecule has 0 saturated heterocycles. The maximum atomic E-state index is 13.1. The van der Waals surface area contributed by atoms with E-state index in [0.29, 0.717) is 17.2 Å². The molecule has 3 nitrogen and oxygen atoms in total. The quantitative estimate of drug-likeness (QED) is 0.842. The molecule has 0 saturated carbocycles. The van der Waals surface area contributed by atoms with E-state index in [-0.39, 0.29) is 5.82 Å². The third kappa shape index (κ3) is 2.05. The van der Waals surface area contributed by atoms with Crippen molar-refractivity contribution >= 4 is 16.5 Å². The second kappa shape index (κ2) is 4.15. The first-order valence-electron chi connectivity index (χ1n) is 4.10. The molecule has 1 aromatic carbocycles. The second-order valence-electron chi connectivity index (χ2n) is 2.69. The molecule has 0 radical (unpaired) electrons. The number of benzene rings is 1. The molecular weight excluding hydrogens is 201 g/mol. The molecule has 0 unspecified atom stereocenters. The van der Waals surface area contributed by atoms with Crippen molar-refractivity contribution in [1.29, 1.82) is 0 Å². The normalized spacial score (nSPS) is 10.1. The highest BCUT2D eigenvalue weighted by molar-refractivity contribution is 7.13. The molecule has 0 fully saturated rings. The molecule has 1 aromatic heterocycles. The summed E-state index contributed by atoms with van der Waals surface area (Å²) in [7, 11) is 0. The summed E-state index contributed by atoms with van der Waals surface area (Å²) in [6.45, 7) is 0.432. The lowest BCUT2D eigenvalue weighted by Gasteiger charge is -2.02. The van der Waals surface area contributed by atoms with Crippen molar-refractivity contribution in [2.24, 2.45) is 0 Å². The van der Waals surface area contributed by atoms with Crippen LogP contribution in [0.4, 0.5) is 9.52 Å². The first-order valence-corrected chi connectivity index (χ1v) is 4.97. The number of anilines is 1. The average molecular weight is 209 g/mol. The third-order valence-electron chi connectivity index (χ3n) is 1.75. The zero-order valence-corrected chi connectivity index (χ0v) is 8.09. The molecule has 0 bridgehead atoms. The Balaban J connectivity index is 2.02. The molecule has 14 heavy (non-hydrogen) atoms. The summed E-state index contributed by atoms with van der Waals surface area (Å²) in [5, 5.41) is 11.2. The van der Waals surface area contributed by atoms with Crippen LogP contribution in [0.15, 0.2) is 29.8 Å². The molecule has 0 aliphatic rings. The van der Waals surface area contributed by atoms with E-state index in [0.717, 1.165) is 0 Å². The molecule has 0 amide bonds. The van der Waals surface area contributed by atoms with Gasteiger partial charge in [0.15, 0.2) is 0 Å². The number of nitrogens with one attached hydrogen (secondary N) is 1. The van der Waals surface area contributed by atoms with Crippen LogP contribution in [-0.4, -0.2) is 10.2 Å². The summed E-state index contributed by atoms with van der Waals surface area (Å²) >= 11 is 1.39. The van der Waals surface area contributed by atoms with Gasteiger partial charge in [0.25, 0.3) is 0 Å². The highest BCUT2D eigenvalue weighted by Gasteiger charge is 2.00. The van der Waals surface area contributed by atoms with Crippen LogP contribution >= 0.6 is 11.3 Å². The van der Waals surface area contributed by atoms with Crippen molar-refractivity contribution in [3.8, 4) is 0 Å². The Labute approximate surface area is 84.6 Å². The van der Waals surface area contributed by atoms with Crippen LogP contribution in [0.25, 0.3) is 0 Å². The third-order valence-corrected chi connectivity index (χ3v) is 2.40. The van der Waals surface area contributed by atoms with Crippen molar-refractivity contribution in [2.75, 3.05) is 5.32 Å². The predicted octanol–water partition coefficient (Wildman–Crippen LogP) is 2.29. The topological polar surface area (TPSA) is 37.8 Å². The van der Waals surface area contributed by atoms with Crippen LogP contribution in [-0.2, 0) is 6.54 Å². The number of hydrogen-bond acceptors (Lipinski definition) is 4. The highest BCUT2D eigenvalue weighted by Crippen LogP contribution is 2.12. The Kier molecular flexibility index (Phi) is 2.69. The number of hydrogen-bond donors (Lipinski definition) is 1. The molecule has 1 N–H and O–H groups in total.